The molecule has 5 nitrogen and oxygen atoms in total. The first kappa shape index (κ1) is 13.8. The molecule has 0 atom stereocenters. The van der Waals surface area contributed by atoms with Crippen LogP contribution in [0.4, 0.5) is 5.69 Å². The largest absolute Gasteiger partial charge is 0.398 e. The maximum Gasteiger partial charge on any atom is 0.251 e. The lowest BCUT2D eigenvalue weighted by Gasteiger charge is -2.27. The number of hydrogen-bond donors (Lipinski definition) is 2. The summed E-state index contributed by atoms with van der Waals surface area (Å²) in [6.07, 6.45) is 0. The summed E-state index contributed by atoms with van der Waals surface area (Å²) in [7, 11) is 0. The second kappa shape index (κ2) is 6.54. The minimum Gasteiger partial charge on any atom is -0.398 e. The number of nitrogen functional groups attached to an aromatic ring is 1. The van der Waals surface area contributed by atoms with E-state index >= 15 is 0 Å². The summed E-state index contributed by atoms with van der Waals surface area (Å²) in [4.78, 5) is 14.0. The molecule has 104 valence electrons. The van der Waals surface area contributed by atoms with Crippen LogP contribution in [-0.2, 0) is 11.3 Å². The minimum absolute atomic E-state index is 0.0767. The molecular formula is C14H21N3O2. The van der Waals surface area contributed by atoms with E-state index in [1.54, 1.807) is 6.07 Å². The molecule has 1 saturated heterocycles. The van der Waals surface area contributed by atoms with Gasteiger partial charge in [0.05, 0.1) is 13.2 Å². The predicted molar refractivity (Wildman–Crippen MR) is 75.0 cm³/mol. The van der Waals surface area contributed by atoms with Crippen molar-refractivity contribution in [1.29, 1.82) is 0 Å². The van der Waals surface area contributed by atoms with Gasteiger partial charge in [0.25, 0.3) is 5.91 Å². The summed E-state index contributed by atoms with van der Waals surface area (Å²) in [5, 5.41) is 2.77. The number of ether oxygens (including phenoxy) is 1. The monoisotopic (exact) mass is 263 g/mol. The van der Waals surface area contributed by atoms with E-state index in [4.69, 9.17) is 10.5 Å². The van der Waals surface area contributed by atoms with E-state index in [1.165, 1.54) is 0 Å². The molecule has 0 radical (unpaired) electrons. The van der Waals surface area contributed by atoms with Crippen molar-refractivity contribution in [3.8, 4) is 0 Å². The normalized spacial score (nSPS) is 16.3. The van der Waals surface area contributed by atoms with Crippen LogP contribution in [0, 0.1) is 0 Å². The Morgan fingerprint density at radius 2 is 2.16 bits per heavy atom. The summed E-state index contributed by atoms with van der Waals surface area (Å²) in [5.41, 5.74) is 8.39. The average Bonchev–Trinajstić information content (AvgIpc) is 2.42. The zero-order chi connectivity index (χ0) is 13.7. The first-order valence-electron chi connectivity index (χ1n) is 6.67. The predicted octanol–water partition coefficient (Wildman–Crippen LogP) is 0.851. The van der Waals surface area contributed by atoms with Crippen molar-refractivity contribution in [3.05, 3.63) is 29.3 Å². The molecule has 0 spiro atoms. The number of nitrogens with one attached hydrogen (secondary N) is 1. The van der Waals surface area contributed by atoms with Gasteiger partial charge in [-0.2, -0.15) is 0 Å². The fraction of sp³-hybridized carbons (Fsp3) is 0.500. The van der Waals surface area contributed by atoms with E-state index in [-0.39, 0.29) is 5.91 Å². The molecule has 1 aromatic rings. The van der Waals surface area contributed by atoms with Crippen molar-refractivity contribution in [2.45, 2.75) is 13.5 Å². The van der Waals surface area contributed by atoms with Gasteiger partial charge in [0.1, 0.15) is 0 Å². The quantitative estimate of drug-likeness (QED) is 0.790. The maximum absolute atomic E-state index is 11.7. The van der Waals surface area contributed by atoms with Gasteiger partial charge in [-0.25, -0.2) is 0 Å². The number of rotatable bonds is 4. The van der Waals surface area contributed by atoms with E-state index < -0.39 is 0 Å². The molecule has 2 rings (SSSR count). The lowest BCUT2D eigenvalue weighted by molar-refractivity contribution is 0.0343. The maximum atomic E-state index is 11.7. The Kier molecular flexibility index (Phi) is 4.76. The first-order chi connectivity index (χ1) is 9.20. The smallest absolute Gasteiger partial charge is 0.251 e. The van der Waals surface area contributed by atoms with Gasteiger partial charge in [0.15, 0.2) is 0 Å². The summed E-state index contributed by atoms with van der Waals surface area (Å²) in [6.45, 7) is 6.73. The first-order valence-corrected chi connectivity index (χ1v) is 6.67. The molecule has 1 amide bonds. The van der Waals surface area contributed by atoms with Crippen LogP contribution in [0.2, 0.25) is 0 Å². The van der Waals surface area contributed by atoms with Gasteiger partial charge in [-0.1, -0.05) is 6.07 Å². The minimum atomic E-state index is -0.0767. The van der Waals surface area contributed by atoms with Crippen molar-refractivity contribution in [3.63, 3.8) is 0 Å². The molecule has 0 unspecified atom stereocenters. The average molecular weight is 263 g/mol. The lowest BCUT2D eigenvalue weighted by Crippen LogP contribution is -2.35. The third-order valence-electron chi connectivity index (χ3n) is 3.24. The van der Waals surface area contributed by atoms with E-state index in [0.29, 0.717) is 17.8 Å². The number of anilines is 1. The van der Waals surface area contributed by atoms with E-state index in [0.717, 1.165) is 38.4 Å². The van der Waals surface area contributed by atoms with Crippen molar-refractivity contribution in [1.82, 2.24) is 10.2 Å². The zero-order valence-corrected chi connectivity index (χ0v) is 11.3. The van der Waals surface area contributed by atoms with Crippen LogP contribution < -0.4 is 11.1 Å². The SMILES string of the molecule is CCNC(=O)c1ccc(CN2CCOCC2)c(N)c1. The molecule has 1 aliphatic heterocycles. The molecule has 0 aromatic heterocycles. The highest BCUT2D eigenvalue weighted by atomic mass is 16.5. The van der Waals surface area contributed by atoms with Gasteiger partial charge < -0.3 is 15.8 Å². The van der Waals surface area contributed by atoms with Crippen molar-refractivity contribution in [2.24, 2.45) is 0 Å². The number of amides is 1. The van der Waals surface area contributed by atoms with Crippen LogP contribution in [0.5, 0.6) is 0 Å². The number of benzene rings is 1. The van der Waals surface area contributed by atoms with Gasteiger partial charge in [-0.05, 0) is 24.6 Å². The molecule has 5 heteroatoms. The van der Waals surface area contributed by atoms with Crippen molar-refractivity contribution < 1.29 is 9.53 Å². The Labute approximate surface area is 113 Å². The summed E-state index contributed by atoms with van der Waals surface area (Å²) in [5.74, 6) is -0.0767. The molecule has 1 aliphatic rings. The lowest BCUT2D eigenvalue weighted by atomic mass is 10.1. The number of nitrogens with zero attached hydrogens (tertiary/aromatic N) is 1. The topological polar surface area (TPSA) is 67.6 Å². The molecule has 0 aliphatic carbocycles. The molecule has 19 heavy (non-hydrogen) atoms. The Bertz CT molecular complexity index is 442. The molecular weight excluding hydrogens is 242 g/mol. The Morgan fingerprint density at radius 3 is 2.79 bits per heavy atom. The van der Waals surface area contributed by atoms with Gasteiger partial charge in [-0.15, -0.1) is 0 Å². The van der Waals surface area contributed by atoms with E-state index in [2.05, 4.69) is 10.2 Å². The van der Waals surface area contributed by atoms with Crippen molar-refractivity contribution >= 4 is 11.6 Å². The second-order valence-corrected chi connectivity index (χ2v) is 4.66. The number of nitrogens with two attached hydrogens (primary N) is 1. The van der Waals surface area contributed by atoms with Crippen LogP contribution in [-0.4, -0.2) is 43.7 Å². The van der Waals surface area contributed by atoms with E-state index in [1.807, 2.05) is 19.1 Å². The summed E-state index contributed by atoms with van der Waals surface area (Å²) in [6, 6.07) is 5.52. The number of carbonyl (C=O) groups is 1. The van der Waals surface area contributed by atoms with Crippen LogP contribution in [0.1, 0.15) is 22.8 Å². The molecule has 0 saturated carbocycles. The van der Waals surface area contributed by atoms with Crippen LogP contribution >= 0.6 is 0 Å². The molecule has 1 fully saturated rings. The molecule has 1 aromatic carbocycles. The second-order valence-electron chi connectivity index (χ2n) is 4.66. The fourth-order valence-electron chi connectivity index (χ4n) is 2.14. The van der Waals surface area contributed by atoms with Gasteiger partial charge >= 0.3 is 0 Å². The highest BCUT2D eigenvalue weighted by molar-refractivity contribution is 5.95. The summed E-state index contributed by atoms with van der Waals surface area (Å²) >= 11 is 0. The summed E-state index contributed by atoms with van der Waals surface area (Å²) < 4.78 is 5.32. The van der Waals surface area contributed by atoms with Gasteiger partial charge in [-0.3, -0.25) is 9.69 Å². The van der Waals surface area contributed by atoms with Crippen LogP contribution in [0.3, 0.4) is 0 Å². The fourth-order valence-corrected chi connectivity index (χ4v) is 2.14. The third-order valence-corrected chi connectivity index (χ3v) is 3.24. The Balaban J connectivity index is 2.04. The standard InChI is InChI=1S/C14H21N3O2/c1-2-16-14(18)11-3-4-12(13(15)9-11)10-17-5-7-19-8-6-17/h3-4,9H,2,5-8,10,15H2,1H3,(H,16,18). The molecule has 1 heterocycles. The van der Waals surface area contributed by atoms with Crippen LogP contribution in [0.15, 0.2) is 18.2 Å². The molecule has 3 N–H and O–H groups in total. The highest BCUT2D eigenvalue weighted by Gasteiger charge is 2.13. The van der Waals surface area contributed by atoms with Crippen LogP contribution in [0.25, 0.3) is 0 Å². The third kappa shape index (κ3) is 3.68. The zero-order valence-electron chi connectivity index (χ0n) is 11.3. The number of carbonyl (C=O) groups excluding carboxylic acids is 1. The Hall–Kier alpha value is -1.59. The van der Waals surface area contributed by atoms with Crippen molar-refractivity contribution in [2.75, 3.05) is 38.6 Å². The molecule has 0 bridgehead atoms. The Morgan fingerprint density at radius 1 is 1.42 bits per heavy atom. The van der Waals surface area contributed by atoms with Gasteiger partial charge in [0.2, 0.25) is 0 Å². The number of hydrogen-bond acceptors (Lipinski definition) is 4. The van der Waals surface area contributed by atoms with E-state index in [9.17, 15) is 4.79 Å². The number of morpholine rings is 1. The highest BCUT2D eigenvalue weighted by Crippen LogP contribution is 2.17. The van der Waals surface area contributed by atoms with Gasteiger partial charge in [0, 0.05) is 37.4 Å².